The first-order chi connectivity index (χ1) is 19.5. The van der Waals surface area contributed by atoms with E-state index >= 15 is 0 Å². The molecule has 3 aromatic carbocycles. The number of phenolic OH excluding ortho intramolecular Hbond substituents is 1. The summed E-state index contributed by atoms with van der Waals surface area (Å²) >= 11 is 0. The molecule has 2 saturated heterocycles. The van der Waals surface area contributed by atoms with Crippen LogP contribution in [-0.2, 0) is 11.2 Å². The predicted molar refractivity (Wildman–Crippen MR) is 160 cm³/mol. The first-order valence-corrected chi connectivity index (χ1v) is 15.2. The number of phenols is 1. The number of rotatable bonds is 5. The Morgan fingerprint density at radius 2 is 1.55 bits per heavy atom. The maximum absolute atomic E-state index is 11.3. The van der Waals surface area contributed by atoms with Crippen LogP contribution < -0.4 is 4.90 Å². The number of likely N-dealkylation sites (tertiary alicyclic amines) is 1. The number of carboxylic acid groups (broad SMARTS) is 1. The molecule has 3 aliphatic rings. The van der Waals surface area contributed by atoms with Gasteiger partial charge in [-0.3, -0.25) is 9.69 Å². The molecule has 0 radical (unpaired) electrons. The van der Waals surface area contributed by atoms with Crippen LogP contribution in [0.5, 0.6) is 5.75 Å². The highest BCUT2D eigenvalue weighted by atomic mass is 16.4. The molecule has 1 spiro atoms. The van der Waals surface area contributed by atoms with E-state index in [2.05, 4.69) is 70.5 Å². The molecule has 5 nitrogen and oxygen atoms in total. The number of hydrogen-bond donors (Lipinski definition) is 2. The van der Waals surface area contributed by atoms with Gasteiger partial charge in [0.05, 0.1) is 6.54 Å². The zero-order valence-corrected chi connectivity index (χ0v) is 23.5. The van der Waals surface area contributed by atoms with Gasteiger partial charge in [0.15, 0.2) is 0 Å². The molecule has 2 atom stereocenters. The fraction of sp³-hybridized carbons (Fsp3) is 0.457. The first-order valence-electron chi connectivity index (χ1n) is 15.2. The Kier molecular flexibility index (Phi) is 7.84. The topological polar surface area (TPSA) is 64.0 Å². The van der Waals surface area contributed by atoms with Crippen molar-refractivity contribution < 1.29 is 15.0 Å². The van der Waals surface area contributed by atoms with Crippen molar-refractivity contribution in [2.45, 2.75) is 63.2 Å². The molecule has 0 saturated carbocycles. The average Bonchev–Trinajstić information content (AvgIpc) is 2.95. The van der Waals surface area contributed by atoms with Crippen LogP contribution in [0.1, 0.15) is 79.0 Å². The molecule has 3 aromatic rings. The predicted octanol–water partition coefficient (Wildman–Crippen LogP) is 6.80. The van der Waals surface area contributed by atoms with Gasteiger partial charge in [-0.15, -0.1) is 0 Å². The highest BCUT2D eigenvalue weighted by Gasteiger charge is 2.36. The van der Waals surface area contributed by atoms with E-state index in [4.69, 9.17) is 0 Å². The summed E-state index contributed by atoms with van der Waals surface area (Å²) in [5.41, 5.74) is 6.93. The third-order valence-corrected chi connectivity index (χ3v) is 9.80. The van der Waals surface area contributed by atoms with Crippen LogP contribution in [0.4, 0.5) is 5.69 Å². The molecule has 2 aliphatic heterocycles. The number of benzene rings is 3. The average molecular weight is 539 g/mol. The third-order valence-electron chi connectivity index (χ3n) is 9.80. The van der Waals surface area contributed by atoms with E-state index in [1.807, 2.05) is 12.1 Å². The summed E-state index contributed by atoms with van der Waals surface area (Å²) in [4.78, 5) is 16.0. The molecule has 0 bridgehead atoms. The van der Waals surface area contributed by atoms with Crippen LogP contribution in [0.15, 0.2) is 72.8 Å². The molecule has 40 heavy (non-hydrogen) atoms. The number of carbonyl (C=O) groups is 1. The minimum absolute atomic E-state index is 0.179. The summed E-state index contributed by atoms with van der Waals surface area (Å²) in [5.74, 6) is 0.335. The lowest BCUT2D eigenvalue weighted by atomic mass is 9.69. The van der Waals surface area contributed by atoms with Crippen molar-refractivity contribution >= 4 is 11.7 Å². The molecule has 2 N–H and O–H groups in total. The quantitative estimate of drug-likeness (QED) is 0.374. The van der Waals surface area contributed by atoms with Gasteiger partial charge in [-0.25, -0.2) is 0 Å². The molecule has 0 aromatic heterocycles. The van der Waals surface area contributed by atoms with E-state index in [1.54, 1.807) is 0 Å². The number of hydrogen-bond acceptors (Lipinski definition) is 4. The van der Waals surface area contributed by atoms with Crippen molar-refractivity contribution in [1.29, 1.82) is 0 Å². The molecule has 0 unspecified atom stereocenters. The molecule has 1 aliphatic carbocycles. The van der Waals surface area contributed by atoms with Gasteiger partial charge in [0.25, 0.3) is 0 Å². The summed E-state index contributed by atoms with van der Waals surface area (Å²) in [6.07, 6.45) is 9.08. The van der Waals surface area contributed by atoms with Crippen molar-refractivity contribution in [2.75, 3.05) is 37.6 Å². The van der Waals surface area contributed by atoms with Gasteiger partial charge >= 0.3 is 5.97 Å². The van der Waals surface area contributed by atoms with Gasteiger partial charge < -0.3 is 15.1 Å². The number of anilines is 1. The van der Waals surface area contributed by atoms with Gasteiger partial charge in [-0.2, -0.15) is 0 Å². The smallest absolute Gasteiger partial charge is 0.317 e. The highest BCUT2D eigenvalue weighted by molar-refractivity contribution is 5.69. The summed E-state index contributed by atoms with van der Waals surface area (Å²) in [6, 6.07) is 26.1. The highest BCUT2D eigenvalue weighted by Crippen LogP contribution is 2.47. The molecular weight excluding hydrogens is 496 g/mol. The van der Waals surface area contributed by atoms with E-state index in [-0.39, 0.29) is 12.5 Å². The lowest BCUT2D eigenvalue weighted by Gasteiger charge is -2.45. The Morgan fingerprint density at radius 1 is 0.850 bits per heavy atom. The number of carboxylic acids is 1. The minimum Gasteiger partial charge on any atom is -0.508 e. The van der Waals surface area contributed by atoms with Crippen molar-refractivity contribution in [3.05, 3.63) is 95.1 Å². The maximum atomic E-state index is 11.3. The summed E-state index contributed by atoms with van der Waals surface area (Å²) in [5, 5.41) is 19.4. The molecule has 2 heterocycles. The largest absolute Gasteiger partial charge is 0.508 e. The Labute approximate surface area is 238 Å². The second-order valence-corrected chi connectivity index (χ2v) is 12.4. The van der Waals surface area contributed by atoms with Gasteiger partial charge in [-0.05, 0) is 116 Å². The number of fused-ring (bicyclic) bond motifs is 1. The minimum atomic E-state index is -0.706. The Morgan fingerprint density at radius 3 is 2.25 bits per heavy atom. The van der Waals surface area contributed by atoms with Crippen LogP contribution in [-0.4, -0.2) is 53.8 Å². The fourth-order valence-corrected chi connectivity index (χ4v) is 8.00. The molecule has 210 valence electrons. The van der Waals surface area contributed by atoms with E-state index < -0.39 is 5.97 Å². The van der Waals surface area contributed by atoms with Crippen LogP contribution in [0.2, 0.25) is 0 Å². The molecule has 6 rings (SSSR count). The second-order valence-electron chi connectivity index (χ2n) is 12.4. The number of aliphatic carboxylic acids is 1. The summed E-state index contributed by atoms with van der Waals surface area (Å²) in [7, 11) is 0. The van der Waals surface area contributed by atoms with Crippen molar-refractivity contribution in [3.8, 4) is 5.75 Å². The maximum Gasteiger partial charge on any atom is 0.317 e. The van der Waals surface area contributed by atoms with Gasteiger partial charge in [0, 0.05) is 31.2 Å². The van der Waals surface area contributed by atoms with Gasteiger partial charge in [0.2, 0.25) is 0 Å². The number of aryl methyl sites for hydroxylation is 1. The first kappa shape index (κ1) is 26.9. The lowest BCUT2D eigenvalue weighted by molar-refractivity contribution is -0.139. The molecular formula is C35H42N2O3. The molecule has 5 heteroatoms. The Balaban J connectivity index is 1.18. The number of piperidine rings is 1. The summed E-state index contributed by atoms with van der Waals surface area (Å²) < 4.78 is 0. The zero-order valence-electron chi connectivity index (χ0n) is 23.5. The van der Waals surface area contributed by atoms with E-state index in [0.29, 0.717) is 17.1 Å². The summed E-state index contributed by atoms with van der Waals surface area (Å²) in [6.45, 7) is 4.15. The SMILES string of the molecule is O=C(O)CN1CCCC2(CCCN(c3ccc([C@@H]4c5ccc(O)cc5CC[C@@H]4c4ccccc4)cc3)CCC2)C1. The lowest BCUT2D eigenvalue weighted by Crippen LogP contribution is -2.46. The van der Waals surface area contributed by atoms with E-state index in [9.17, 15) is 15.0 Å². The van der Waals surface area contributed by atoms with Crippen LogP contribution in [0.25, 0.3) is 0 Å². The Hall–Kier alpha value is -3.31. The fourth-order valence-electron chi connectivity index (χ4n) is 8.00. The van der Waals surface area contributed by atoms with Crippen LogP contribution >= 0.6 is 0 Å². The number of nitrogens with zero attached hydrogens (tertiary/aromatic N) is 2. The van der Waals surface area contributed by atoms with Crippen LogP contribution in [0, 0.1) is 5.41 Å². The monoisotopic (exact) mass is 538 g/mol. The van der Waals surface area contributed by atoms with Crippen molar-refractivity contribution in [3.63, 3.8) is 0 Å². The van der Waals surface area contributed by atoms with E-state index in [1.165, 1.54) is 47.2 Å². The third kappa shape index (κ3) is 5.76. The van der Waals surface area contributed by atoms with Gasteiger partial charge in [0.1, 0.15) is 5.75 Å². The second kappa shape index (κ2) is 11.7. The van der Waals surface area contributed by atoms with Crippen LogP contribution in [0.3, 0.4) is 0 Å². The number of aromatic hydroxyl groups is 1. The van der Waals surface area contributed by atoms with E-state index in [0.717, 1.165) is 58.3 Å². The Bertz CT molecular complexity index is 1300. The standard InChI is InChI=1S/C35H42N2O3/c38-30-14-16-32-28(23-30)11-15-31(26-7-2-1-3-8-26)34(32)27-9-12-29(13-10-27)37-21-5-18-35(19-6-22-37)17-4-20-36(25-35)24-33(39)40/h1-3,7-10,12-14,16,23,31,34,38H,4-6,11,15,17-22,24-25H2,(H,39,40)/t31-,34+/m1/s1. The van der Waals surface area contributed by atoms with Crippen molar-refractivity contribution in [1.82, 2.24) is 4.90 Å². The van der Waals surface area contributed by atoms with Gasteiger partial charge in [-0.1, -0.05) is 48.5 Å². The normalized spacial score (nSPS) is 23.2. The molecule has 0 amide bonds. The molecule has 2 fully saturated rings. The van der Waals surface area contributed by atoms with Crippen molar-refractivity contribution in [2.24, 2.45) is 5.41 Å². The zero-order chi connectivity index (χ0) is 27.5.